The van der Waals surface area contributed by atoms with Gasteiger partial charge in [-0.05, 0) is 42.8 Å². The second-order valence-electron chi connectivity index (χ2n) is 7.35. The number of aromatic nitrogens is 3. The van der Waals surface area contributed by atoms with Crippen molar-refractivity contribution in [2.24, 2.45) is 0 Å². The molecule has 1 aliphatic heterocycles. The van der Waals surface area contributed by atoms with Crippen molar-refractivity contribution in [3.05, 3.63) is 77.0 Å². The van der Waals surface area contributed by atoms with Crippen molar-refractivity contribution >= 4 is 17.0 Å². The minimum absolute atomic E-state index is 0.305. The number of hydrogen-bond donors (Lipinski definition) is 0. The minimum Gasteiger partial charge on any atom is -0.299 e. The molecule has 0 amide bonds. The van der Waals surface area contributed by atoms with Crippen LogP contribution in [-0.2, 0) is 6.54 Å². The van der Waals surface area contributed by atoms with E-state index in [9.17, 15) is 0 Å². The molecular formula is C22H23N5S. The SMILES string of the molecule is CN1CCN(Cc2cccs2)C[C@H]1c1cn2c(-c3ccncc3)cccc2n1. The van der Waals surface area contributed by atoms with Crippen molar-refractivity contribution in [2.75, 3.05) is 26.7 Å². The first-order valence-corrected chi connectivity index (χ1v) is 10.5. The van der Waals surface area contributed by atoms with E-state index in [1.54, 1.807) is 0 Å². The van der Waals surface area contributed by atoms with E-state index in [0.717, 1.165) is 48.8 Å². The first-order chi connectivity index (χ1) is 13.8. The molecule has 0 radical (unpaired) electrons. The maximum Gasteiger partial charge on any atom is 0.137 e. The average molecular weight is 390 g/mol. The molecule has 28 heavy (non-hydrogen) atoms. The van der Waals surface area contributed by atoms with Crippen LogP contribution in [0.5, 0.6) is 0 Å². The molecule has 5 heterocycles. The van der Waals surface area contributed by atoms with Crippen LogP contribution in [0.2, 0.25) is 0 Å². The zero-order chi connectivity index (χ0) is 18.9. The summed E-state index contributed by atoms with van der Waals surface area (Å²) in [6.07, 6.45) is 5.88. The lowest BCUT2D eigenvalue weighted by molar-refractivity contribution is 0.0893. The van der Waals surface area contributed by atoms with Crippen LogP contribution < -0.4 is 0 Å². The molecule has 0 spiro atoms. The number of nitrogens with zero attached hydrogens (tertiary/aromatic N) is 5. The predicted octanol–water partition coefficient (Wildman–Crippen LogP) is 3.95. The Labute approximate surface area is 168 Å². The number of imidazole rings is 1. The van der Waals surface area contributed by atoms with E-state index in [2.05, 4.69) is 68.1 Å². The topological polar surface area (TPSA) is 36.7 Å². The molecule has 0 bridgehead atoms. The van der Waals surface area contributed by atoms with Gasteiger partial charge in [0, 0.05) is 55.2 Å². The van der Waals surface area contributed by atoms with Crippen LogP contribution in [0.4, 0.5) is 0 Å². The number of pyridine rings is 2. The van der Waals surface area contributed by atoms with Crippen molar-refractivity contribution in [3.8, 4) is 11.3 Å². The molecule has 1 saturated heterocycles. The molecule has 0 aliphatic carbocycles. The Morgan fingerprint density at radius 1 is 1.07 bits per heavy atom. The quantitative estimate of drug-likeness (QED) is 0.530. The fraction of sp³-hybridized carbons (Fsp3) is 0.273. The summed E-state index contributed by atoms with van der Waals surface area (Å²) in [5, 5.41) is 2.16. The molecule has 0 saturated carbocycles. The molecule has 4 aromatic rings. The van der Waals surface area contributed by atoms with E-state index in [4.69, 9.17) is 4.98 Å². The minimum atomic E-state index is 0.305. The maximum atomic E-state index is 4.99. The molecule has 1 atom stereocenters. The summed E-state index contributed by atoms with van der Waals surface area (Å²) in [6.45, 7) is 4.18. The number of hydrogen-bond acceptors (Lipinski definition) is 5. The molecule has 1 aliphatic rings. The van der Waals surface area contributed by atoms with Gasteiger partial charge in [0.1, 0.15) is 5.65 Å². The van der Waals surface area contributed by atoms with Crippen LogP contribution in [0.25, 0.3) is 16.9 Å². The van der Waals surface area contributed by atoms with Crippen LogP contribution in [0.3, 0.4) is 0 Å². The van der Waals surface area contributed by atoms with E-state index in [1.165, 1.54) is 4.88 Å². The second-order valence-corrected chi connectivity index (χ2v) is 8.38. The molecule has 0 aromatic carbocycles. The summed E-state index contributed by atoms with van der Waals surface area (Å²) in [4.78, 5) is 15.5. The molecule has 142 valence electrons. The maximum absolute atomic E-state index is 4.99. The summed E-state index contributed by atoms with van der Waals surface area (Å²) in [5.41, 5.74) is 4.43. The van der Waals surface area contributed by atoms with E-state index >= 15 is 0 Å². The molecule has 6 heteroatoms. The predicted molar refractivity (Wildman–Crippen MR) is 113 cm³/mol. The van der Waals surface area contributed by atoms with Crippen molar-refractivity contribution in [1.82, 2.24) is 24.2 Å². The normalized spacial score (nSPS) is 18.7. The highest BCUT2D eigenvalue weighted by Crippen LogP contribution is 2.28. The Bertz CT molecular complexity index is 1060. The lowest BCUT2D eigenvalue weighted by Crippen LogP contribution is -2.46. The van der Waals surface area contributed by atoms with Crippen molar-refractivity contribution < 1.29 is 0 Å². The third kappa shape index (κ3) is 3.35. The van der Waals surface area contributed by atoms with Gasteiger partial charge in [-0.1, -0.05) is 12.1 Å². The Kier molecular flexibility index (Phi) is 4.68. The molecule has 0 unspecified atom stereocenters. The number of piperazine rings is 1. The van der Waals surface area contributed by atoms with E-state index in [0.29, 0.717) is 6.04 Å². The van der Waals surface area contributed by atoms with Crippen LogP contribution >= 0.6 is 11.3 Å². The van der Waals surface area contributed by atoms with Crippen LogP contribution in [0.1, 0.15) is 16.6 Å². The van der Waals surface area contributed by atoms with Crippen molar-refractivity contribution in [1.29, 1.82) is 0 Å². The monoisotopic (exact) mass is 389 g/mol. The third-order valence-corrected chi connectivity index (χ3v) is 6.38. The molecule has 1 fully saturated rings. The van der Waals surface area contributed by atoms with Gasteiger partial charge in [0.15, 0.2) is 0 Å². The van der Waals surface area contributed by atoms with Gasteiger partial charge < -0.3 is 0 Å². The van der Waals surface area contributed by atoms with E-state index in [1.807, 2.05) is 35.9 Å². The van der Waals surface area contributed by atoms with Crippen molar-refractivity contribution in [2.45, 2.75) is 12.6 Å². The zero-order valence-corrected chi connectivity index (χ0v) is 16.7. The fourth-order valence-corrected chi connectivity index (χ4v) is 4.71. The average Bonchev–Trinajstić information content (AvgIpc) is 3.39. The highest BCUT2D eigenvalue weighted by Gasteiger charge is 2.28. The standard InChI is InChI=1S/C22H23N5S/c1-25-11-12-26(14-18-4-3-13-28-18)16-21(25)19-15-27-20(5-2-6-22(27)24-19)17-7-9-23-10-8-17/h2-10,13,15,21H,11-12,14,16H2,1H3/t21-/m0/s1. The zero-order valence-electron chi connectivity index (χ0n) is 15.9. The molecule has 4 aromatic heterocycles. The van der Waals surface area contributed by atoms with Gasteiger partial charge in [0.05, 0.1) is 17.4 Å². The van der Waals surface area contributed by atoms with Gasteiger partial charge in [0.2, 0.25) is 0 Å². The first kappa shape index (κ1) is 17.6. The Morgan fingerprint density at radius 2 is 1.96 bits per heavy atom. The summed E-state index contributed by atoms with van der Waals surface area (Å²) in [7, 11) is 2.21. The van der Waals surface area contributed by atoms with Gasteiger partial charge in [-0.25, -0.2) is 4.98 Å². The molecule has 0 N–H and O–H groups in total. The summed E-state index contributed by atoms with van der Waals surface area (Å²) >= 11 is 1.84. The Balaban J connectivity index is 1.46. The van der Waals surface area contributed by atoms with Gasteiger partial charge in [0.25, 0.3) is 0 Å². The van der Waals surface area contributed by atoms with Gasteiger partial charge >= 0.3 is 0 Å². The molecular weight excluding hydrogens is 366 g/mol. The number of thiophene rings is 1. The highest BCUT2D eigenvalue weighted by atomic mass is 32.1. The van der Waals surface area contributed by atoms with Crippen LogP contribution in [0, 0.1) is 0 Å². The van der Waals surface area contributed by atoms with Crippen LogP contribution in [-0.4, -0.2) is 50.9 Å². The third-order valence-electron chi connectivity index (χ3n) is 5.52. The van der Waals surface area contributed by atoms with Crippen LogP contribution in [0.15, 0.2) is 66.4 Å². The molecule has 5 nitrogen and oxygen atoms in total. The van der Waals surface area contributed by atoms with Gasteiger partial charge in [-0.2, -0.15) is 0 Å². The van der Waals surface area contributed by atoms with E-state index in [-0.39, 0.29) is 0 Å². The largest absolute Gasteiger partial charge is 0.299 e. The second kappa shape index (κ2) is 7.47. The summed E-state index contributed by atoms with van der Waals surface area (Å²) in [6, 6.07) is 15.1. The summed E-state index contributed by atoms with van der Waals surface area (Å²) in [5.74, 6) is 0. The smallest absolute Gasteiger partial charge is 0.137 e. The van der Waals surface area contributed by atoms with E-state index < -0.39 is 0 Å². The number of rotatable bonds is 4. The number of fused-ring (bicyclic) bond motifs is 1. The molecule has 5 rings (SSSR count). The Hall–Kier alpha value is -2.54. The lowest BCUT2D eigenvalue weighted by Gasteiger charge is -2.38. The first-order valence-electron chi connectivity index (χ1n) is 9.61. The lowest BCUT2D eigenvalue weighted by atomic mass is 10.1. The Morgan fingerprint density at radius 3 is 2.79 bits per heavy atom. The van der Waals surface area contributed by atoms with Crippen molar-refractivity contribution in [3.63, 3.8) is 0 Å². The van der Waals surface area contributed by atoms with Gasteiger partial charge in [-0.15, -0.1) is 11.3 Å². The number of likely N-dealkylation sites (N-methyl/N-ethyl adjacent to an activating group) is 1. The van der Waals surface area contributed by atoms with Gasteiger partial charge in [-0.3, -0.25) is 19.2 Å². The highest BCUT2D eigenvalue weighted by molar-refractivity contribution is 7.09. The summed E-state index contributed by atoms with van der Waals surface area (Å²) < 4.78 is 2.21. The fourth-order valence-electron chi connectivity index (χ4n) is 3.96.